The van der Waals surface area contributed by atoms with Gasteiger partial charge in [-0.05, 0) is 122 Å². The average molecular weight is 783 g/mol. The molecule has 0 spiro atoms. The Bertz CT molecular complexity index is 2070. The van der Waals surface area contributed by atoms with E-state index >= 15 is 4.39 Å². The SMILES string of the molecule is CC(C)c1c(F)c(CO)cc(-c2ccnc(F)c2)c1CC(=O)OC(C)(C)C.COC(=O)c1cc(-c2ccnc(F)c2)c(CC(=O)OC(C)(C)C)c(C(C)C)c1F. The van der Waals surface area contributed by atoms with E-state index in [1.165, 1.54) is 36.7 Å². The smallest absolute Gasteiger partial charge is 0.340 e. The number of rotatable bonds is 10. The van der Waals surface area contributed by atoms with Crippen LogP contribution in [-0.4, -0.2) is 51.3 Å². The van der Waals surface area contributed by atoms with Gasteiger partial charge in [-0.1, -0.05) is 27.7 Å². The van der Waals surface area contributed by atoms with Crippen LogP contribution >= 0.6 is 0 Å². The maximum atomic E-state index is 15.2. The Morgan fingerprint density at radius 3 is 1.45 bits per heavy atom. The molecule has 13 heteroatoms. The summed E-state index contributed by atoms with van der Waals surface area (Å²) in [5.41, 5.74) is 1.34. The molecule has 2 heterocycles. The predicted octanol–water partition coefficient (Wildman–Crippen LogP) is 9.35. The number of aromatic nitrogens is 2. The van der Waals surface area contributed by atoms with Crippen molar-refractivity contribution in [3.63, 3.8) is 0 Å². The lowest BCUT2D eigenvalue weighted by molar-refractivity contribution is -0.155. The lowest BCUT2D eigenvalue weighted by Gasteiger charge is -2.23. The number of halogens is 4. The van der Waals surface area contributed by atoms with Gasteiger partial charge in [0, 0.05) is 30.1 Å². The molecule has 2 aromatic carbocycles. The summed E-state index contributed by atoms with van der Waals surface area (Å²) in [7, 11) is 1.15. The normalized spacial score (nSPS) is 11.6. The highest BCUT2D eigenvalue weighted by Gasteiger charge is 2.29. The third-order valence-electron chi connectivity index (χ3n) is 8.19. The van der Waals surface area contributed by atoms with Gasteiger partial charge in [-0.15, -0.1) is 0 Å². The maximum absolute atomic E-state index is 15.2. The van der Waals surface area contributed by atoms with Crippen molar-refractivity contribution in [2.24, 2.45) is 0 Å². The molecule has 0 amide bonds. The van der Waals surface area contributed by atoms with E-state index in [0.717, 1.165) is 13.2 Å². The van der Waals surface area contributed by atoms with Crippen molar-refractivity contribution in [2.75, 3.05) is 7.11 Å². The lowest BCUT2D eigenvalue weighted by atomic mass is 9.86. The molecule has 4 rings (SSSR count). The van der Waals surface area contributed by atoms with Gasteiger partial charge in [-0.25, -0.2) is 23.5 Å². The standard InChI is InChI=1S/C22H25F2NO4.C21H25F2NO3/c1-12(2)19-15(11-18(26)29-22(3,4)5)14(13-7-8-25-17(23)9-13)10-16(20(19)24)21(27)28-6;1-12(2)19-16(10-18(26)27-21(3,4)5)15(8-14(11-25)20(19)23)13-6-7-24-17(22)9-13/h7-10,12H,11H2,1-6H3;6-9,12,25H,10-11H2,1-5H3. The fraction of sp³-hybridized carbons (Fsp3) is 0.419. The van der Waals surface area contributed by atoms with Crippen LogP contribution in [0.15, 0.2) is 48.8 Å². The first-order chi connectivity index (χ1) is 26.0. The number of hydrogen-bond donors (Lipinski definition) is 1. The summed E-state index contributed by atoms with van der Waals surface area (Å²) in [5.74, 6) is -5.26. The lowest BCUT2D eigenvalue weighted by Crippen LogP contribution is -2.25. The minimum absolute atomic E-state index is 0.0962. The number of pyridine rings is 2. The second-order valence-electron chi connectivity index (χ2n) is 15.7. The van der Waals surface area contributed by atoms with E-state index in [-0.39, 0.29) is 41.4 Å². The average Bonchev–Trinajstić information content (AvgIpc) is 3.06. The van der Waals surface area contributed by atoms with Crippen molar-refractivity contribution in [2.45, 2.75) is 112 Å². The highest BCUT2D eigenvalue weighted by atomic mass is 19.1. The first-order valence-corrected chi connectivity index (χ1v) is 18.0. The summed E-state index contributed by atoms with van der Waals surface area (Å²) >= 11 is 0. The number of methoxy groups -OCH3 is 1. The summed E-state index contributed by atoms with van der Waals surface area (Å²) in [5, 5.41) is 9.56. The van der Waals surface area contributed by atoms with Gasteiger partial charge in [0.05, 0.1) is 32.1 Å². The van der Waals surface area contributed by atoms with Gasteiger partial charge in [-0.3, -0.25) is 9.59 Å². The number of ether oxygens (including phenoxy) is 3. The van der Waals surface area contributed by atoms with Crippen molar-refractivity contribution in [3.8, 4) is 22.3 Å². The molecule has 0 fully saturated rings. The zero-order valence-electron chi connectivity index (χ0n) is 33.7. The van der Waals surface area contributed by atoms with Crippen LogP contribution < -0.4 is 0 Å². The predicted molar refractivity (Wildman–Crippen MR) is 204 cm³/mol. The van der Waals surface area contributed by atoms with Crippen LogP contribution in [0, 0.1) is 23.5 Å². The number of esters is 3. The third-order valence-corrected chi connectivity index (χ3v) is 8.19. The first-order valence-electron chi connectivity index (χ1n) is 18.0. The van der Waals surface area contributed by atoms with Crippen LogP contribution in [0.4, 0.5) is 17.6 Å². The second kappa shape index (κ2) is 18.6. The molecule has 0 radical (unpaired) electrons. The van der Waals surface area contributed by atoms with Crippen molar-refractivity contribution >= 4 is 17.9 Å². The Morgan fingerprint density at radius 1 is 0.679 bits per heavy atom. The third kappa shape index (κ3) is 11.9. The minimum Gasteiger partial charge on any atom is -0.465 e. The summed E-state index contributed by atoms with van der Waals surface area (Å²) in [6, 6.07) is 8.23. The van der Waals surface area contributed by atoms with Gasteiger partial charge >= 0.3 is 17.9 Å². The Balaban J connectivity index is 0.000000301. The van der Waals surface area contributed by atoms with E-state index in [0.29, 0.717) is 38.9 Å². The van der Waals surface area contributed by atoms with Crippen LogP contribution in [0.25, 0.3) is 22.3 Å². The van der Waals surface area contributed by atoms with Crippen molar-refractivity contribution in [1.29, 1.82) is 0 Å². The minimum atomic E-state index is -0.857. The first kappa shape index (κ1) is 45.2. The molecule has 0 atom stereocenters. The summed E-state index contributed by atoms with van der Waals surface area (Å²) in [6.45, 7) is 17.0. The van der Waals surface area contributed by atoms with Gasteiger partial charge < -0.3 is 19.3 Å². The number of benzene rings is 2. The largest absolute Gasteiger partial charge is 0.465 e. The molecule has 0 aliphatic rings. The molecule has 1 N–H and O–H groups in total. The Labute approximate surface area is 325 Å². The quantitative estimate of drug-likeness (QED) is 0.0725. The zero-order valence-corrected chi connectivity index (χ0v) is 33.7. The van der Waals surface area contributed by atoms with Crippen LogP contribution in [0.5, 0.6) is 0 Å². The summed E-state index contributed by atoms with van der Waals surface area (Å²) in [4.78, 5) is 44.2. The van der Waals surface area contributed by atoms with Gasteiger partial charge in [0.25, 0.3) is 0 Å². The molecule has 0 bridgehead atoms. The highest BCUT2D eigenvalue weighted by molar-refractivity contribution is 5.93. The van der Waals surface area contributed by atoms with E-state index in [1.807, 2.05) is 0 Å². The maximum Gasteiger partial charge on any atom is 0.340 e. The van der Waals surface area contributed by atoms with E-state index in [9.17, 15) is 32.7 Å². The van der Waals surface area contributed by atoms with E-state index in [4.69, 9.17) is 14.2 Å². The Morgan fingerprint density at radius 2 is 1.09 bits per heavy atom. The number of carbonyl (C=O) groups excluding carboxylic acids is 3. The Hall–Kier alpha value is -5.17. The molecule has 4 aromatic rings. The van der Waals surface area contributed by atoms with Crippen LogP contribution in [0.1, 0.15) is 119 Å². The van der Waals surface area contributed by atoms with Crippen molar-refractivity contribution < 1.29 is 51.3 Å². The molecule has 0 aliphatic carbocycles. The number of nitrogens with zero attached hydrogens (tertiary/aromatic N) is 2. The number of aliphatic hydroxyl groups excluding tert-OH is 1. The molecule has 9 nitrogen and oxygen atoms in total. The van der Waals surface area contributed by atoms with E-state index < -0.39 is 59.2 Å². The van der Waals surface area contributed by atoms with E-state index in [2.05, 4.69) is 9.97 Å². The zero-order chi connectivity index (χ0) is 42.3. The second-order valence-corrected chi connectivity index (χ2v) is 15.7. The van der Waals surface area contributed by atoms with Crippen molar-refractivity contribution in [1.82, 2.24) is 9.97 Å². The van der Waals surface area contributed by atoms with Crippen LogP contribution in [0.2, 0.25) is 0 Å². The fourth-order valence-corrected chi connectivity index (χ4v) is 6.15. The molecular formula is C43H50F4N2O7. The molecule has 0 aliphatic heterocycles. The summed E-state index contributed by atoms with van der Waals surface area (Å²) in [6.07, 6.45) is 2.17. The molecular weight excluding hydrogens is 732 g/mol. The molecule has 0 unspecified atom stereocenters. The van der Waals surface area contributed by atoms with E-state index in [1.54, 1.807) is 75.3 Å². The van der Waals surface area contributed by atoms with Crippen LogP contribution in [0.3, 0.4) is 0 Å². The molecule has 302 valence electrons. The highest BCUT2D eigenvalue weighted by Crippen LogP contribution is 2.37. The van der Waals surface area contributed by atoms with Gasteiger partial charge in [0.1, 0.15) is 22.8 Å². The number of aliphatic hydroxyl groups is 1. The number of carbonyl (C=O) groups is 3. The molecule has 56 heavy (non-hydrogen) atoms. The summed E-state index contributed by atoms with van der Waals surface area (Å²) < 4.78 is 73.1. The van der Waals surface area contributed by atoms with Gasteiger partial charge in [0.15, 0.2) is 0 Å². The topological polar surface area (TPSA) is 125 Å². The van der Waals surface area contributed by atoms with Crippen molar-refractivity contribution in [3.05, 3.63) is 106 Å². The van der Waals surface area contributed by atoms with Gasteiger partial charge in [0.2, 0.25) is 11.9 Å². The fourth-order valence-electron chi connectivity index (χ4n) is 6.15. The molecule has 2 aromatic heterocycles. The molecule has 0 saturated heterocycles. The monoisotopic (exact) mass is 782 g/mol. The Kier molecular flexibility index (Phi) is 15.1. The molecule has 0 saturated carbocycles. The van der Waals surface area contributed by atoms with Gasteiger partial charge in [-0.2, -0.15) is 8.78 Å². The number of hydrogen-bond acceptors (Lipinski definition) is 9. The van der Waals surface area contributed by atoms with Crippen LogP contribution in [-0.2, 0) is 43.2 Å².